The van der Waals surface area contributed by atoms with Gasteiger partial charge in [0, 0.05) is 44.5 Å². The summed E-state index contributed by atoms with van der Waals surface area (Å²) in [5, 5.41) is 7.21. The van der Waals surface area contributed by atoms with Gasteiger partial charge in [0.25, 0.3) is 0 Å². The normalized spacial score (nSPS) is 22.6. The Morgan fingerprint density at radius 2 is 2.00 bits per heavy atom. The molecule has 1 N–H and O–H groups in total. The zero-order chi connectivity index (χ0) is 17.5. The lowest BCUT2D eigenvalue weighted by Crippen LogP contribution is -2.50. The van der Waals surface area contributed by atoms with Gasteiger partial charge in [0.1, 0.15) is 0 Å². The first-order valence-corrected chi connectivity index (χ1v) is 9.78. The molecule has 2 aliphatic rings. The minimum Gasteiger partial charge on any atom is -0.356 e. The van der Waals surface area contributed by atoms with Crippen LogP contribution < -0.4 is 5.32 Å². The van der Waals surface area contributed by atoms with Gasteiger partial charge >= 0.3 is 0 Å². The summed E-state index contributed by atoms with van der Waals surface area (Å²) in [5.41, 5.74) is 0. The Morgan fingerprint density at radius 3 is 2.72 bits per heavy atom. The Morgan fingerprint density at radius 1 is 1.20 bits per heavy atom. The monoisotopic (exact) mass is 346 g/mol. The van der Waals surface area contributed by atoms with E-state index in [2.05, 4.69) is 10.4 Å². The largest absolute Gasteiger partial charge is 0.356 e. The van der Waals surface area contributed by atoms with Crippen molar-refractivity contribution in [3.8, 4) is 0 Å². The lowest BCUT2D eigenvalue weighted by atomic mass is 9.93. The van der Waals surface area contributed by atoms with E-state index in [0.717, 1.165) is 25.8 Å². The number of hydrogen-bond acceptors (Lipinski definition) is 3. The third-order valence-corrected chi connectivity index (χ3v) is 5.50. The SMILES string of the molecule is O=C(NCCCn1cccn1)[C@@H]1CCC(=O)N(C2CCCCCC2)C1. The third kappa shape index (κ3) is 5.06. The number of nitrogens with one attached hydrogen (secondary N) is 1. The molecular weight excluding hydrogens is 316 g/mol. The predicted molar refractivity (Wildman–Crippen MR) is 95.8 cm³/mol. The number of rotatable bonds is 6. The molecule has 138 valence electrons. The van der Waals surface area contributed by atoms with Crippen LogP contribution in [-0.4, -0.2) is 45.6 Å². The predicted octanol–water partition coefficient (Wildman–Crippen LogP) is 2.35. The number of carbonyl (C=O) groups is 2. The van der Waals surface area contributed by atoms with Crippen molar-refractivity contribution >= 4 is 11.8 Å². The Labute approximate surface area is 149 Å². The Bertz CT molecular complexity index is 550. The lowest BCUT2D eigenvalue weighted by molar-refractivity contribution is -0.141. The number of aryl methyl sites for hydroxylation is 1. The molecule has 6 heteroatoms. The smallest absolute Gasteiger partial charge is 0.224 e. The Kier molecular flexibility index (Phi) is 6.48. The standard InChI is InChI=1S/C19H30N4O2/c24-18-10-9-16(15-23(18)17-7-3-1-2-4-8-17)19(25)20-11-5-13-22-14-6-12-21-22/h6,12,14,16-17H,1-5,7-11,13,15H2,(H,20,25)/t16-/m1/s1. The number of amides is 2. The molecule has 2 amide bonds. The van der Waals surface area contributed by atoms with Gasteiger partial charge < -0.3 is 10.2 Å². The van der Waals surface area contributed by atoms with E-state index in [0.29, 0.717) is 32.0 Å². The van der Waals surface area contributed by atoms with Crippen molar-refractivity contribution in [2.24, 2.45) is 5.92 Å². The van der Waals surface area contributed by atoms with Gasteiger partial charge in [-0.15, -0.1) is 0 Å². The second-order valence-electron chi connectivity index (χ2n) is 7.34. The average molecular weight is 346 g/mol. The van der Waals surface area contributed by atoms with E-state index in [1.54, 1.807) is 6.20 Å². The molecule has 1 saturated heterocycles. The molecule has 0 unspecified atom stereocenters. The van der Waals surface area contributed by atoms with Crippen LogP contribution in [-0.2, 0) is 16.1 Å². The third-order valence-electron chi connectivity index (χ3n) is 5.50. The maximum atomic E-state index is 12.5. The molecule has 0 bridgehead atoms. The molecule has 1 aromatic rings. The molecule has 1 saturated carbocycles. The van der Waals surface area contributed by atoms with Gasteiger partial charge in [-0.2, -0.15) is 5.10 Å². The molecule has 1 aliphatic heterocycles. The first kappa shape index (κ1) is 18.0. The van der Waals surface area contributed by atoms with Crippen LogP contribution in [0, 0.1) is 5.92 Å². The summed E-state index contributed by atoms with van der Waals surface area (Å²) < 4.78 is 1.87. The molecule has 6 nitrogen and oxygen atoms in total. The summed E-state index contributed by atoms with van der Waals surface area (Å²) in [6.07, 6.45) is 12.9. The molecule has 0 spiro atoms. The zero-order valence-electron chi connectivity index (χ0n) is 15.0. The molecule has 3 rings (SSSR count). The summed E-state index contributed by atoms with van der Waals surface area (Å²) in [7, 11) is 0. The van der Waals surface area contributed by atoms with Crippen LogP contribution in [0.25, 0.3) is 0 Å². The Balaban J connectivity index is 1.44. The van der Waals surface area contributed by atoms with Crippen molar-refractivity contribution in [1.29, 1.82) is 0 Å². The Hall–Kier alpha value is -1.85. The quantitative estimate of drug-likeness (QED) is 0.635. The van der Waals surface area contributed by atoms with Crippen molar-refractivity contribution in [2.45, 2.75) is 70.4 Å². The van der Waals surface area contributed by atoms with Gasteiger partial charge in [0.2, 0.25) is 11.8 Å². The van der Waals surface area contributed by atoms with Gasteiger partial charge in [-0.3, -0.25) is 14.3 Å². The highest BCUT2D eigenvalue weighted by molar-refractivity contribution is 5.84. The molecule has 0 aromatic carbocycles. The summed E-state index contributed by atoms with van der Waals surface area (Å²) in [5.74, 6) is 0.298. The number of carbonyl (C=O) groups excluding carboxylic acids is 2. The average Bonchev–Trinajstić information content (AvgIpc) is 2.99. The van der Waals surface area contributed by atoms with Crippen LogP contribution in [0.15, 0.2) is 18.5 Å². The molecule has 1 aliphatic carbocycles. The van der Waals surface area contributed by atoms with Crippen molar-refractivity contribution < 1.29 is 9.59 Å². The summed E-state index contributed by atoms with van der Waals surface area (Å²) >= 11 is 0. The van der Waals surface area contributed by atoms with E-state index in [1.807, 2.05) is 21.8 Å². The van der Waals surface area contributed by atoms with Crippen LogP contribution >= 0.6 is 0 Å². The van der Waals surface area contributed by atoms with Crippen LogP contribution in [0.5, 0.6) is 0 Å². The molecule has 0 radical (unpaired) electrons. The highest BCUT2D eigenvalue weighted by Crippen LogP contribution is 2.27. The highest BCUT2D eigenvalue weighted by atomic mass is 16.2. The fourth-order valence-electron chi connectivity index (χ4n) is 4.04. The van der Waals surface area contributed by atoms with E-state index >= 15 is 0 Å². The fraction of sp³-hybridized carbons (Fsp3) is 0.737. The number of hydrogen-bond donors (Lipinski definition) is 1. The van der Waals surface area contributed by atoms with E-state index in [1.165, 1.54) is 25.7 Å². The maximum Gasteiger partial charge on any atom is 0.224 e. The van der Waals surface area contributed by atoms with Gasteiger partial charge in [-0.05, 0) is 31.7 Å². The highest BCUT2D eigenvalue weighted by Gasteiger charge is 2.34. The minimum absolute atomic E-state index is 0.0503. The van der Waals surface area contributed by atoms with Crippen LogP contribution in [0.2, 0.25) is 0 Å². The van der Waals surface area contributed by atoms with Crippen molar-refractivity contribution in [3.05, 3.63) is 18.5 Å². The summed E-state index contributed by atoms with van der Waals surface area (Å²) in [6, 6.07) is 2.25. The van der Waals surface area contributed by atoms with Crippen molar-refractivity contribution in [1.82, 2.24) is 20.0 Å². The first-order valence-electron chi connectivity index (χ1n) is 9.78. The first-order chi connectivity index (χ1) is 12.2. The van der Waals surface area contributed by atoms with Crippen LogP contribution in [0.3, 0.4) is 0 Å². The van der Waals surface area contributed by atoms with Crippen LogP contribution in [0.4, 0.5) is 0 Å². The maximum absolute atomic E-state index is 12.5. The lowest BCUT2D eigenvalue weighted by Gasteiger charge is -2.37. The van der Waals surface area contributed by atoms with E-state index < -0.39 is 0 Å². The van der Waals surface area contributed by atoms with Gasteiger partial charge in [0.15, 0.2) is 0 Å². The van der Waals surface area contributed by atoms with Gasteiger partial charge in [0.05, 0.1) is 5.92 Å². The second kappa shape index (κ2) is 9.02. The number of piperidine rings is 1. The summed E-state index contributed by atoms with van der Waals surface area (Å²) in [4.78, 5) is 26.9. The molecule has 2 fully saturated rings. The topological polar surface area (TPSA) is 67.2 Å². The zero-order valence-corrected chi connectivity index (χ0v) is 15.0. The van der Waals surface area contributed by atoms with Gasteiger partial charge in [-0.1, -0.05) is 25.7 Å². The minimum atomic E-state index is -0.0503. The summed E-state index contributed by atoms with van der Waals surface area (Å²) in [6.45, 7) is 2.08. The second-order valence-corrected chi connectivity index (χ2v) is 7.34. The van der Waals surface area contributed by atoms with Crippen molar-refractivity contribution in [2.75, 3.05) is 13.1 Å². The molecule has 2 heterocycles. The number of aromatic nitrogens is 2. The molecule has 25 heavy (non-hydrogen) atoms. The van der Waals surface area contributed by atoms with Crippen molar-refractivity contribution in [3.63, 3.8) is 0 Å². The number of likely N-dealkylation sites (tertiary alicyclic amines) is 1. The van der Waals surface area contributed by atoms with E-state index in [4.69, 9.17) is 0 Å². The van der Waals surface area contributed by atoms with E-state index in [-0.39, 0.29) is 17.7 Å². The fourth-order valence-corrected chi connectivity index (χ4v) is 4.04. The number of nitrogens with zero attached hydrogens (tertiary/aromatic N) is 3. The molecule has 1 atom stereocenters. The van der Waals surface area contributed by atoms with Gasteiger partial charge in [-0.25, -0.2) is 0 Å². The van der Waals surface area contributed by atoms with Crippen LogP contribution in [0.1, 0.15) is 57.8 Å². The molecule has 1 aromatic heterocycles. The van der Waals surface area contributed by atoms with E-state index in [9.17, 15) is 9.59 Å². The molecular formula is C19H30N4O2.